The van der Waals surface area contributed by atoms with Crippen molar-refractivity contribution in [3.05, 3.63) is 18.2 Å². The molecule has 1 atom stereocenters. The second kappa shape index (κ2) is 3.08. The summed E-state index contributed by atoms with van der Waals surface area (Å²) in [6.45, 7) is 6.90. The third-order valence-corrected chi connectivity index (χ3v) is 3.70. The van der Waals surface area contributed by atoms with Gasteiger partial charge < -0.3 is 9.88 Å². The zero-order valence-electron chi connectivity index (χ0n) is 9.53. The number of aromatic nitrogens is 2. The van der Waals surface area contributed by atoms with E-state index < -0.39 is 0 Å². The summed E-state index contributed by atoms with van der Waals surface area (Å²) in [5, 5.41) is 3.49. The third kappa shape index (κ3) is 1.59. The van der Waals surface area contributed by atoms with E-state index in [4.69, 9.17) is 0 Å². The standard InChI is InChI=1S/C12H19N3/c1-12(2)8-14-10(12)11-13-5-6-15(11)7-9-3-4-9/h5-6,9-10,14H,3-4,7-8H2,1-2H3/t10-/m1/s1. The first-order valence-corrected chi connectivity index (χ1v) is 5.91. The fourth-order valence-corrected chi connectivity index (χ4v) is 2.37. The Labute approximate surface area is 90.9 Å². The average molecular weight is 205 g/mol. The Morgan fingerprint density at radius 3 is 2.87 bits per heavy atom. The molecule has 15 heavy (non-hydrogen) atoms. The monoisotopic (exact) mass is 205 g/mol. The van der Waals surface area contributed by atoms with Crippen molar-refractivity contribution in [3.63, 3.8) is 0 Å². The van der Waals surface area contributed by atoms with Gasteiger partial charge in [0.25, 0.3) is 0 Å². The minimum atomic E-state index is 0.368. The summed E-state index contributed by atoms with van der Waals surface area (Å²) in [5.41, 5.74) is 0.368. The van der Waals surface area contributed by atoms with Crippen LogP contribution in [0.4, 0.5) is 0 Å². The Bertz CT molecular complexity index is 363. The Hall–Kier alpha value is -0.830. The van der Waals surface area contributed by atoms with Gasteiger partial charge in [0.15, 0.2) is 0 Å². The van der Waals surface area contributed by atoms with Gasteiger partial charge in [-0.05, 0) is 24.2 Å². The molecule has 2 fully saturated rings. The molecule has 2 heterocycles. The highest BCUT2D eigenvalue weighted by Crippen LogP contribution is 2.40. The number of nitrogens with one attached hydrogen (secondary N) is 1. The van der Waals surface area contributed by atoms with E-state index in [-0.39, 0.29) is 0 Å². The molecule has 1 aromatic heterocycles. The highest BCUT2D eigenvalue weighted by Gasteiger charge is 2.41. The topological polar surface area (TPSA) is 29.9 Å². The van der Waals surface area contributed by atoms with Crippen LogP contribution in [-0.4, -0.2) is 16.1 Å². The highest BCUT2D eigenvalue weighted by atomic mass is 15.2. The smallest absolute Gasteiger partial charge is 0.126 e. The quantitative estimate of drug-likeness (QED) is 0.817. The van der Waals surface area contributed by atoms with E-state index in [1.165, 1.54) is 25.2 Å². The lowest BCUT2D eigenvalue weighted by Crippen LogP contribution is -2.53. The van der Waals surface area contributed by atoms with Crippen molar-refractivity contribution in [1.82, 2.24) is 14.9 Å². The lowest BCUT2D eigenvalue weighted by Gasteiger charge is -2.45. The van der Waals surface area contributed by atoms with Crippen LogP contribution in [0.15, 0.2) is 12.4 Å². The van der Waals surface area contributed by atoms with Gasteiger partial charge in [-0.15, -0.1) is 0 Å². The summed E-state index contributed by atoms with van der Waals surface area (Å²) in [5.74, 6) is 2.15. The fourth-order valence-electron chi connectivity index (χ4n) is 2.37. The number of rotatable bonds is 3. The number of hydrogen-bond donors (Lipinski definition) is 1. The summed E-state index contributed by atoms with van der Waals surface area (Å²) in [6.07, 6.45) is 6.87. The van der Waals surface area contributed by atoms with Crippen LogP contribution < -0.4 is 5.32 Å². The predicted molar refractivity (Wildman–Crippen MR) is 59.5 cm³/mol. The third-order valence-electron chi connectivity index (χ3n) is 3.70. The van der Waals surface area contributed by atoms with E-state index in [0.29, 0.717) is 11.5 Å². The van der Waals surface area contributed by atoms with Crippen LogP contribution in [0, 0.1) is 11.3 Å². The Kier molecular flexibility index (Phi) is 1.93. The molecule has 1 saturated heterocycles. The molecule has 82 valence electrons. The van der Waals surface area contributed by atoms with Crippen LogP contribution in [0.2, 0.25) is 0 Å². The van der Waals surface area contributed by atoms with Crippen LogP contribution in [0.5, 0.6) is 0 Å². The fraction of sp³-hybridized carbons (Fsp3) is 0.750. The summed E-state index contributed by atoms with van der Waals surface area (Å²) < 4.78 is 2.34. The molecule has 3 rings (SSSR count). The molecular weight excluding hydrogens is 186 g/mol. The van der Waals surface area contributed by atoms with Crippen LogP contribution >= 0.6 is 0 Å². The molecule has 1 N–H and O–H groups in total. The molecule has 0 radical (unpaired) electrons. The van der Waals surface area contributed by atoms with E-state index in [1.807, 2.05) is 6.20 Å². The first kappa shape index (κ1) is 9.40. The summed E-state index contributed by atoms with van der Waals surface area (Å²) >= 11 is 0. The number of nitrogens with zero attached hydrogens (tertiary/aromatic N) is 2. The SMILES string of the molecule is CC1(C)CN[C@@H]1c1nccn1CC1CC1. The summed E-state index contributed by atoms with van der Waals surface area (Å²) in [4.78, 5) is 4.52. The van der Waals surface area contributed by atoms with E-state index in [2.05, 4.69) is 34.9 Å². The first-order chi connectivity index (χ1) is 7.17. The molecule has 1 aromatic rings. The molecule has 3 nitrogen and oxygen atoms in total. The van der Waals surface area contributed by atoms with Crippen LogP contribution in [0.25, 0.3) is 0 Å². The lowest BCUT2D eigenvalue weighted by atomic mass is 9.77. The summed E-state index contributed by atoms with van der Waals surface area (Å²) in [6, 6.07) is 0.450. The van der Waals surface area contributed by atoms with Crippen LogP contribution in [0.3, 0.4) is 0 Å². The van der Waals surface area contributed by atoms with Gasteiger partial charge >= 0.3 is 0 Å². The van der Waals surface area contributed by atoms with E-state index >= 15 is 0 Å². The molecule has 0 spiro atoms. The van der Waals surface area contributed by atoms with Crippen molar-refractivity contribution in [2.45, 2.75) is 39.3 Å². The summed E-state index contributed by atoms with van der Waals surface area (Å²) in [7, 11) is 0. The molecule has 0 bridgehead atoms. The maximum absolute atomic E-state index is 4.52. The number of imidazole rings is 1. The van der Waals surface area contributed by atoms with E-state index in [0.717, 1.165) is 12.5 Å². The maximum atomic E-state index is 4.52. The maximum Gasteiger partial charge on any atom is 0.126 e. The minimum Gasteiger partial charge on any atom is -0.333 e. The van der Waals surface area contributed by atoms with Crippen molar-refractivity contribution in [2.75, 3.05) is 6.54 Å². The van der Waals surface area contributed by atoms with Crippen LogP contribution in [0.1, 0.15) is 38.6 Å². The van der Waals surface area contributed by atoms with Crippen molar-refractivity contribution < 1.29 is 0 Å². The van der Waals surface area contributed by atoms with Gasteiger partial charge in [-0.1, -0.05) is 13.8 Å². The molecule has 1 aliphatic heterocycles. The van der Waals surface area contributed by atoms with E-state index in [1.54, 1.807) is 0 Å². The van der Waals surface area contributed by atoms with Gasteiger partial charge in [0.05, 0.1) is 6.04 Å². The highest BCUT2D eigenvalue weighted by molar-refractivity contribution is 5.11. The molecule has 0 unspecified atom stereocenters. The second-order valence-corrected chi connectivity index (χ2v) is 5.68. The van der Waals surface area contributed by atoms with Gasteiger partial charge in [0.2, 0.25) is 0 Å². The Morgan fingerprint density at radius 2 is 2.33 bits per heavy atom. The molecule has 0 aromatic carbocycles. The van der Waals surface area contributed by atoms with Gasteiger partial charge in [-0.3, -0.25) is 0 Å². The van der Waals surface area contributed by atoms with Gasteiger partial charge in [-0.2, -0.15) is 0 Å². The average Bonchev–Trinajstić information content (AvgIpc) is 2.87. The van der Waals surface area contributed by atoms with Crippen LogP contribution in [-0.2, 0) is 6.54 Å². The zero-order chi connectivity index (χ0) is 10.5. The van der Waals surface area contributed by atoms with Crippen molar-refractivity contribution >= 4 is 0 Å². The first-order valence-electron chi connectivity index (χ1n) is 5.91. The number of hydrogen-bond acceptors (Lipinski definition) is 2. The van der Waals surface area contributed by atoms with E-state index in [9.17, 15) is 0 Å². The Morgan fingerprint density at radius 1 is 1.53 bits per heavy atom. The Balaban J connectivity index is 1.81. The van der Waals surface area contributed by atoms with Gasteiger partial charge in [0.1, 0.15) is 5.82 Å². The van der Waals surface area contributed by atoms with Crippen molar-refractivity contribution in [3.8, 4) is 0 Å². The van der Waals surface area contributed by atoms with Crippen molar-refractivity contribution in [1.29, 1.82) is 0 Å². The molecule has 1 saturated carbocycles. The molecule has 0 amide bonds. The lowest BCUT2D eigenvalue weighted by molar-refractivity contribution is 0.117. The largest absolute Gasteiger partial charge is 0.333 e. The molecular formula is C12H19N3. The van der Waals surface area contributed by atoms with Gasteiger partial charge in [-0.25, -0.2) is 4.98 Å². The normalized spacial score (nSPS) is 28.8. The predicted octanol–water partition coefficient (Wildman–Crippen LogP) is 1.96. The minimum absolute atomic E-state index is 0.368. The molecule has 3 heteroatoms. The molecule has 1 aliphatic carbocycles. The second-order valence-electron chi connectivity index (χ2n) is 5.68. The van der Waals surface area contributed by atoms with Gasteiger partial charge in [0, 0.05) is 25.5 Å². The molecule has 2 aliphatic rings. The zero-order valence-corrected chi connectivity index (χ0v) is 9.53. The van der Waals surface area contributed by atoms with Crippen molar-refractivity contribution in [2.24, 2.45) is 11.3 Å².